The second-order valence-electron chi connectivity index (χ2n) is 3.83. The zero-order valence-corrected chi connectivity index (χ0v) is 8.31. The Morgan fingerprint density at radius 1 is 1.57 bits per heavy atom. The molecular weight excluding hydrogens is 177 g/mol. The van der Waals surface area contributed by atoms with Crippen LogP contribution in [0, 0.1) is 5.82 Å². The Hall–Kier alpha value is -1.15. The maximum absolute atomic E-state index is 13.1. The number of hydrogen-bond acceptors (Lipinski definition) is 1. The van der Waals surface area contributed by atoms with Gasteiger partial charge < -0.3 is 5.32 Å². The number of nitrogens with one attached hydrogen (secondary N) is 1. The van der Waals surface area contributed by atoms with Gasteiger partial charge in [-0.15, -0.1) is 0 Å². The van der Waals surface area contributed by atoms with E-state index in [0.717, 1.165) is 24.1 Å². The first-order chi connectivity index (χ1) is 6.68. The zero-order chi connectivity index (χ0) is 10.1. The summed E-state index contributed by atoms with van der Waals surface area (Å²) in [5.74, 6) is -0.168. The summed E-state index contributed by atoms with van der Waals surface area (Å²) in [6.07, 6.45) is 0.972. The Morgan fingerprint density at radius 2 is 2.36 bits per heavy atom. The van der Waals surface area contributed by atoms with Gasteiger partial charge in [-0.05, 0) is 36.6 Å². The fraction of sp³-hybridized carbons (Fsp3) is 0.333. The van der Waals surface area contributed by atoms with Crippen LogP contribution in [0.25, 0.3) is 0 Å². The monoisotopic (exact) mass is 191 g/mol. The van der Waals surface area contributed by atoms with Gasteiger partial charge in [0.2, 0.25) is 0 Å². The first kappa shape index (κ1) is 9.41. The SMILES string of the molecule is C=C(C)C1NCCc2ccc(F)cc21. The van der Waals surface area contributed by atoms with Gasteiger partial charge in [0.15, 0.2) is 0 Å². The third kappa shape index (κ3) is 1.58. The number of rotatable bonds is 1. The van der Waals surface area contributed by atoms with E-state index in [1.807, 2.05) is 13.0 Å². The van der Waals surface area contributed by atoms with Crippen molar-refractivity contribution < 1.29 is 4.39 Å². The molecule has 0 spiro atoms. The molecule has 1 aliphatic rings. The van der Waals surface area contributed by atoms with Gasteiger partial charge in [0.25, 0.3) is 0 Å². The van der Waals surface area contributed by atoms with Gasteiger partial charge in [0.05, 0.1) is 6.04 Å². The molecule has 1 nitrogen and oxygen atoms in total. The highest BCUT2D eigenvalue weighted by Gasteiger charge is 2.20. The first-order valence-corrected chi connectivity index (χ1v) is 4.85. The van der Waals surface area contributed by atoms with E-state index in [1.165, 1.54) is 11.6 Å². The average Bonchev–Trinajstić information content (AvgIpc) is 2.16. The molecule has 74 valence electrons. The maximum Gasteiger partial charge on any atom is 0.123 e. The van der Waals surface area contributed by atoms with Crippen molar-refractivity contribution in [3.63, 3.8) is 0 Å². The summed E-state index contributed by atoms with van der Waals surface area (Å²) >= 11 is 0. The van der Waals surface area contributed by atoms with E-state index in [1.54, 1.807) is 6.07 Å². The van der Waals surface area contributed by atoms with E-state index < -0.39 is 0 Å². The van der Waals surface area contributed by atoms with Crippen LogP contribution in [0.2, 0.25) is 0 Å². The van der Waals surface area contributed by atoms with Crippen molar-refractivity contribution in [1.29, 1.82) is 0 Å². The van der Waals surface area contributed by atoms with E-state index in [2.05, 4.69) is 11.9 Å². The Kier molecular flexibility index (Phi) is 2.38. The molecule has 14 heavy (non-hydrogen) atoms. The lowest BCUT2D eigenvalue weighted by molar-refractivity contribution is 0.550. The largest absolute Gasteiger partial charge is 0.306 e. The molecule has 0 aromatic heterocycles. The first-order valence-electron chi connectivity index (χ1n) is 4.85. The molecule has 0 saturated carbocycles. The Balaban J connectivity index is 2.46. The van der Waals surface area contributed by atoms with Crippen molar-refractivity contribution in [1.82, 2.24) is 5.32 Å². The molecule has 1 heterocycles. The number of benzene rings is 1. The van der Waals surface area contributed by atoms with E-state index in [-0.39, 0.29) is 11.9 Å². The quantitative estimate of drug-likeness (QED) is 0.673. The molecule has 1 atom stereocenters. The van der Waals surface area contributed by atoms with E-state index >= 15 is 0 Å². The van der Waals surface area contributed by atoms with Crippen LogP contribution in [-0.4, -0.2) is 6.54 Å². The second kappa shape index (κ2) is 3.54. The molecule has 0 fully saturated rings. The fourth-order valence-electron chi connectivity index (χ4n) is 1.96. The third-order valence-electron chi connectivity index (χ3n) is 2.65. The smallest absolute Gasteiger partial charge is 0.123 e. The number of halogens is 1. The summed E-state index contributed by atoms with van der Waals surface area (Å²) in [7, 11) is 0. The minimum atomic E-state index is -0.168. The number of hydrogen-bond donors (Lipinski definition) is 1. The van der Waals surface area contributed by atoms with Gasteiger partial charge in [0.1, 0.15) is 5.82 Å². The summed E-state index contributed by atoms with van der Waals surface area (Å²) in [6, 6.07) is 5.14. The maximum atomic E-state index is 13.1. The summed E-state index contributed by atoms with van der Waals surface area (Å²) < 4.78 is 13.1. The van der Waals surface area contributed by atoms with Crippen LogP contribution in [0.1, 0.15) is 24.1 Å². The molecule has 1 aliphatic heterocycles. The van der Waals surface area contributed by atoms with Gasteiger partial charge in [-0.25, -0.2) is 4.39 Å². The van der Waals surface area contributed by atoms with Gasteiger partial charge in [0, 0.05) is 6.54 Å². The molecule has 0 aliphatic carbocycles. The van der Waals surface area contributed by atoms with Gasteiger partial charge in [-0.1, -0.05) is 18.2 Å². The predicted molar refractivity (Wildman–Crippen MR) is 55.7 cm³/mol. The molecule has 1 aromatic carbocycles. The second-order valence-corrected chi connectivity index (χ2v) is 3.83. The van der Waals surface area contributed by atoms with Gasteiger partial charge in [-0.3, -0.25) is 0 Å². The average molecular weight is 191 g/mol. The summed E-state index contributed by atoms with van der Waals surface area (Å²) in [5.41, 5.74) is 3.32. The molecule has 0 saturated heterocycles. The van der Waals surface area contributed by atoms with Crippen molar-refractivity contribution in [2.75, 3.05) is 6.54 Å². The topological polar surface area (TPSA) is 12.0 Å². The van der Waals surface area contributed by atoms with Crippen LogP contribution in [0.5, 0.6) is 0 Å². The van der Waals surface area contributed by atoms with Crippen LogP contribution in [0.4, 0.5) is 4.39 Å². The van der Waals surface area contributed by atoms with Gasteiger partial charge >= 0.3 is 0 Å². The predicted octanol–water partition coefficient (Wildman–Crippen LogP) is 2.59. The highest BCUT2D eigenvalue weighted by Crippen LogP contribution is 2.27. The lowest BCUT2D eigenvalue weighted by Gasteiger charge is -2.27. The lowest BCUT2D eigenvalue weighted by atomic mass is 9.91. The molecule has 2 heteroatoms. The molecule has 0 radical (unpaired) electrons. The van der Waals surface area contributed by atoms with Crippen LogP contribution in [0.15, 0.2) is 30.4 Å². The molecule has 2 rings (SSSR count). The lowest BCUT2D eigenvalue weighted by Crippen LogP contribution is -2.30. The van der Waals surface area contributed by atoms with Crippen molar-refractivity contribution >= 4 is 0 Å². The highest BCUT2D eigenvalue weighted by atomic mass is 19.1. The summed E-state index contributed by atoms with van der Waals surface area (Å²) in [6.45, 7) is 6.83. The fourth-order valence-corrected chi connectivity index (χ4v) is 1.96. The van der Waals surface area contributed by atoms with Crippen molar-refractivity contribution in [2.24, 2.45) is 0 Å². The Bertz CT molecular complexity index is 371. The third-order valence-corrected chi connectivity index (χ3v) is 2.65. The molecule has 0 amide bonds. The summed E-state index contributed by atoms with van der Waals surface area (Å²) in [5, 5.41) is 3.34. The van der Waals surface area contributed by atoms with Crippen molar-refractivity contribution in [3.8, 4) is 0 Å². The molecule has 1 aromatic rings. The molecule has 1 N–H and O–H groups in total. The minimum Gasteiger partial charge on any atom is -0.306 e. The van der Waals surface area contributed by atoms with E-state index in [0.29, 0.717) is 0 Å². The van der Waals surface area contributed by atoms with Crippen LogP contribution < -0.4 is 5.32 Å². The molecular formula is C12H14FN. The molecule has 1 unspecified atom stereocenters. The van der Waals surface area contributed by atoms with E-state index in [4.69, 9.17) is 0 Å². The zero-order valence-electron chi connectivity index (χ0n) is 8.31. The Morgan fingerprint density at radius 3 is 3.07 bits per heavy atom. The van der Waals surface area contributed by atoms with Crippen molar-refractivity contribution in [2.45, 2.75) is 19.4 Å². The van der Waals surface area contributed by atoms with Gasteiger partial charge in [-0.2, -0.15) is 0 Å². The number of fused-ring (bicyclic) bond motifs is 1. The normalized spacial score (nSPS) is 20.3. The van der Waals surface area contributed by atoms with Crippen LogP contribution >= 0.6 is 0 Å². The minimum absolute atomic E-state index is 0.120. The van der Waals surface area contributed by atoms with Crippen LogP contribution in [0.3, 0.4) is 0 Å². The van der Waals surface area contributed by atoms with Crippen LogP contribution in [-0.2, 0) is 6.42 Å². The van der Waals surface area contributed by atoms with E-state index in [9.17, 15) is 4.39 Å². The Labute approximate surface area is 83.6 Å². The van der Waals surface area contributed by atoms with Crippen molar-refractivity contribution in [3.05, 3.63) is 47.3 Å². The standard InChI is InChI=1S/C12H14FN/c1-8(2)12-11-7-10(13)4-3-9(11)5-6-14-12/h3-4,7,12,14H,1,5-6H2,2H3. The highest BCUT2D eigenvalue weighted by molar-refractivity contribution is 5.37. The summed E-state index contributed by atoms with van der Waals surface area (Å²) in [4.78, 5) is 0. The molecule has 0 bridgehead atoms.